The average molecular weight is 173 g/mol. The number of nitrogens with two attached hydrogens (primary N) is 1. The molecule has 1 rings (SSSR count). The summed E-state index contributed by atoms with van der Waals surface area (Å²) in [6.07, 6.45) is -0.164. The van der Waals surface area contributed by atoms with Crippen LogP contribution in [0.3, 0.4) is 0 Å². The number of hydrogen-bond acceptors (Lipinski definition) is 4. The van der Waals surface area contributed by atoms with Gasteiger partial charge in [-0.3, -0.25) is 14.6 Å². The fourth-order valence-corrected chi connectivity index (χ4v) is 1.59. The zero-order valence-corrected chi connectivity index (χ0v) is 7.40. The minimum Gasteiger partial charge on any atom is -0.480 e. The van der Waals surface area contributed by atoms with E-state index in [1.54, 1.807) is 0 Å². The molecule has 0 spiro atoms. The summed E-state index contributed by atoms with van der Waals surface area (Å²) in [6, 6.07) is -0.817. The third kappa shape index (κ3) is 1.57. The lowest BCUT2D eigenvalue weighted by molar-refractivity contribution is -0.141. The van der Waals surface area contributed by atoms with Gasteiger partial charge in [0.15, 0.2) is 0 Å². The Bertz CT molecular complexity index is 175. The first kappa shape index (κ1) is 9.44. The summed E-state index contributed by atoms with van der Waals surface area (Å²) < 4.78 is 0. The van der Waals surface area contributed by atoms with E-state index in [1.165, 1.54) is 0 Å². The average Bonchev–Trinajstić information content (AvgIpc) is 2.30. The van der Waals surface area contributed by atoms with Crippen LogP contribution in [-0.4, -0.2) is 60.3 Å². The lowest BCUT2D eigenvalue weighted by Gasteiger charge is -2.27. The Morgan fingerprint density at radius 2 is 1.92 bits per heavy atom. The SMILES string of the molecule is CN1CCN(C)C1C(N)C(=O)O. The van der Waals surface area contributed by atoms with Gasteiger partial charge in [-0.15, -0.1) is 0 Å². The predicted molar refractivity (Wildman–Crippen MR) is 44.7 cm³/mol. The van der Waals surface area contributed by atoms with Crippen molar-refractivity contribution in [3.8, 4) is 0 Å². The highest BCUT2D eigenvalue weighted by Gasteiger charge is 2.35. The molecule has 12 heavy (non-hydrogen) atoms. The van der Waals surface area contributed by atoms with Crippen molar-refractivity contribution in [2.45, 2.75) is 12.2 Å². The summed E-state index contributed by atoms with van der Waals surface area (Å²) in [4.78, 5) is 14.5. The number of likely N-dealkylation sites (N-methyl/N-ethyl adjacent to an activating group) is 2. The molecule has 1 unspecified atom stereocenters. The normalized spacial score (nSPS) is 24.6. The van der Waals surface area contributed by atoms with Crippen LogP contribution in [0.2, 0.25) is 0 Å². The van der Waals surface area contributed by atoms with Gasteiger partial charge in [0.25, 0.3) is 0 Å². The van der Waals surface area contributed by atoms with Gasteiger partial charge in [-0.05, 0) is 14.1 Å². The molecule has 1 fully saturated rings. The maximum absolute atomic E-state index is 10.6. The van der Waals surface area contributed by atoms with E-state index in [9.17, 15) is 4.79 Å². The first-order chi connectivity index (χ1) is 5.54. The van der Waals surface area contributed by atoms with Crippen LogP contribution in [0.5, 0.6) is 0 Å². The molecule has 1 saturated heterocycles. The molecule has 0 amide bonds. The van der Waals surface area contributed by atoms with Gasteiger partial charge in [0.2, 0.25) is 0 Å². The van der Waals surface area contributed by atoms with Crippen LogP contribution in [0.25, 0.3) is 0 Å². The largest absolute Gasteiger partial charge is 0.480 e. The minimum absolute atomic E-state index is 0.164. The molecule has 1 atom stereocenters. The summed E-state index contributed by atoms with van der Waals surface area (Å²) in [7, 11) is 3.77. The van der Waals surface area contributed by atoms with Gasteiger partial charge in [-0.25, -0.2) is 0 Å². The molecule has 1 aliphatic rings. The second-order valence-electron chi connectivity index (χ2n) is 3.24. The van der Waals surface area contributed by atoms with E-state index in [-0.39, 0.29) is 6.17 Å². The number of carboxylic acids is 1. The first-order valence-corrected chi connectivity index (χ1v) is 3.93. The predicted octanol–water partition coefficient (Wildman–Crippen LogP) is -1.40. The van der Waals surface area contributed by atoms with Crippen molar-refractivity contribution in [2.24, 2.45) is 5.73 Å². The quantitative estimate of drug-likeness (QED) is 0.537. The first-order valence-electron chi connectivity index (χ1n) is 3.93. The van der Waals surface area contributed by atoms with Gasteiger partial charge in [0, 0.05) is 13.1 Å². The van der Waals surface area contributed by atoms with E-state index >= 15 is 0 Å². The van der Waals surface area contributed by atoms with Crippen LogP contribution < -0.4 is 5.73 Å². The maximum atomic E-state index is 10.6. The molecule has 0 radical (unpaired) electrons. The highest BCUT2D eigenvalue weighted by molar-refractivity contribution is 5.74. The van der Waals surface area contributed by atoms with Gasteiger partial charge >= 0.3 is 5.97 Å². The van der Waals surface area contributed by atoms with E-state index in [2.05, 4.69) is 0 Å². The van der Waals surface area contributed by atoms with Crippen molar-refractivity contribution < 1.29 is 9.90 Å². The zero-order chi connectivity index (χ0) is 9.30. The van der Waals surface area contributed by atoms with Crippen molar-refractivity contribution in [1.82, 2.24) is 9.80 Å². The number of carboxylic acid groups (broad SMARTS) is 1. The third-order valence-corrected chi connectivity index (χ3v) is 2.31. The molecule has 0 aromatic rings. The summed E-state index contributed by atoms with van der Waals surface area (Å²) in [5.74, 6) is -0.944. The van der Waals surface area contributed by atoms with Crippen molar-refractivity contribution in [3.05, 3.63) is 0 Å². The second kappa shape index (κ2) is 3.38. The highest BCUT2D eigenvalue weighted by atomic mass is 16.4. The monoisotopic (exact) mass is 173 g/mol. The molecule has 5 heteroatoms. The van der Waals surface area contributed by atoms with Gasteiger partial charge < -0.3 is 10.8 Å². The molecule has 70 valence electrons. The fourth-order valence-electron chi connectivity index (χ4n) is 1.59. The number of aliphatic carboxylic acids is 1. The van der Waals surface area contributed by atoms with Gasteiger partial charge in [-0.1, -0.05) is 0 Å². The van der Waals surface area contributed by atoms with Crippen molar-refractivity contribution in [1.29, 1.82) is 0 Å². The van der Waals surface area contributed by atoms with Crippen LogP contribution in [-0.2, 0) is 4.79 Å². The second-order valence-corrected chi connectivity index (χ2v) is 3.24. The summed E-state index contributed by atoms with van der Waals surface area (Å²) in [5, 5.41) is 8.70. The highest BCUT2D eigenvalue weighted by Crippen LogP contribution is 2.12. The summed E-state index contributed by atoms with van der Waals surface area (Å²) >= 11 is 0. The standard InChI is InChI=1S/C7H15N3O2/c1-9-3-4-10(2)6(9)5(8)7(11)12/h5-6H,3-4,8H2,1-2H3,(H,11,12). The molecular formula is C7H15N3O2. The summed E-state index contributed by atoms with van der Waals surface area (Å²) in [6.45, 7) is 1.75. The topological polar surface area (TPSA) is 69.8 Å². The van der Waals surface area contributed by atoms with Gasteiger partial charge in [-0.2, -0.15) is 0 Å². The number of hydrogen-bond donors (Lipinski definition) is 2. The molecular weight excluding hydrogens is 158 g/mol. The van der Waals surface area contributed by atoms with Crippen molar-refractivity contribution in [3.63, 3.8) is 0 Å². The molecule has 0 aliphatic carbocycles. The fraction of sp³-hybridized carbons (Fsp3) is 0.857. The Labute approximate surface area is 71.7 Å². The molecule has 0 aromatic carbocycles. The molecule has 0 aromatic heterocycles. The van der Waals surface area contributed by atoms with E-state index in [0.29, 0.717) is 0 Å². The molecule has 0 bridgehead atoms. The van der Waals surface area contributed by atoms with Crippen LogP contribution in [0, 0.1) is 0 Å². The zero-order valence-electron chi connectivity index (χ0n) is 7.40. The maximum Gasteiger partial charge on any atom is 0.323 e. The smallest absolute Gasteiger partial charge is 0.323 e. The Hall–Kier alpha value is -0.650. The van der Waals surface area contributed by atoms with Crippen LogP contribution in [0.1, 0.15) is 0 Å². The van der Waals surface area contributed by atoms with Gasteiger partial charge in [0.1, 0.15) is 6.04 Å². The van der Waals surface area contributed by atoms with E-state index < -0.39 is 12.0 Å². The lowest BCUT2D eigenvalue weighted by Crippen LogP contribution is -2.53. The number of rotatable bonds is 2. The molecule has 0 saturated carbocycles. The Morgan fingerprint density at radius 1 is 1.50 bits per heavy atom. The van der Waals surface area contributed by atoms with Crippen LogP contribution in [0.15, 0.2) is 0 Å². The lowest BCUT2D eigenvalue weighted by atomic mass is 10.2. The van der Waals surface area contributed by atoms with Crippen molar-refractivity contribution in [2.75, 3.05) is 27.2 Å². The molecule has 1 heterocycles. The van der Waals surface area contributed by atoms with E-state index in [0.717, 1.165) is 13.1 Å². The molecule has 1 aliphatic heterocycles. The number of carbonyl (C=O) groups is 1. The van der Waals surface area contributed by atoms with Gasteiger partial charge in [0.05, 0.1) is 6.17 Å². The Morgan fingerprint density at radius 3 is 2.25 bits per heavy atom. The Kier molecular flexibility index (Phi) is 2.66. The number of nitrogens with zero attached hydrogens (tertiary/aromatic N) is 2. The van der Waals surface area contributed by atoms with E-state index in [1.807, 2.05) is 23.9 Å². The molecule has 5 nitrogen and oxygen atoms in total. The third-order valence-electron chi connectivity index (χ3n) is 2.31. The Balaban J connectivity index is 2.65. The minimum atomic E-state index is -0.944. The van der Waals surface area contributed by atoms with Crippen molar-refractivity contribution >= 4 is 5.97 Å². The van der Waals surface area contributed by atoms with E-state index in [4.69, 9.17) is 10.8 Å². The summed E-state index contributed by atoms with van der Waals surface area (Å²) in [5.41, 5.74) is 5.52. The van der Waals surface area contributed by atoms with Crippen LogP contribution >= 0.6 is 0 Å². The molecule has 3 N–H and O–H groups in total. The van der Waals surface area contributed by atoms with Crippen LogP contribution in [0.4, 0.5) is 0 Å².